The van der Waals surface area contributed by atoms with Crippen LogP contribution in [0.15, 0.2) is 35.1 Å². The number of Topliss-reactive ketones (excluding diaryl/α,β-unsaturated/α-hetero) is 1. The molecule has 0 spiro atoms. The van der Waals surface area contributed by atoms with Gasteiger partial charge in [0, 0.05) is 68.9 Å². The first-order valence-electron chi connectivity index (χ1n) is 37.6. The molecule has 1 amide bonds. The van der Waals surface area contributed by atoms with Gasteiger partial charge in [-0.15, -0.1) is 0 Å². The fourth-order valence-electron chi connectivity index (χ4n) is 13.7. The predicted molar refractivity (Wildman–Crippen MR) is 419 cm³/mol. The van der Waals surface area contributed by atoms with E-state index < -0.39 is 133 Å². The van der Waals surface area contributed by atoms with Gasteiger partial charge in [0.15, 0.2) is 41.8 Å². The number of piperidine rings is 1. The number of alkyl carbamates (subject to hydrolysis) is 1. The molecule has 5 aliphatic heterocycles. The standard InChI is InChI=1S/C75H114IN5O27S3/c1-12-81(24-17-27-95-29-31-97-33-35-99-37-38-100-36-34-98-32-30-96-28-23-77)50-43-101-55(41-54(50)90-7)106-68-63(85)60(45(3)103-73(68)105-53-18-15-13-14-16-22-75(89)42-52(83)61(78-74(88)94-11)58(53)49(75)21-39-109-111-48-19-25-80(6)26-20-48)79-108-56-40-51(82)70(47(5)102-56)110-71(87)57-44(2)59(76)66(69(93-10)65(57)91-8)107-72-64(86)67(92-9)62(84)46(4)104-72/h13-14,21,45-48,50-51,53-56,60,62-64,67-68,70,72-73,79,82,84-86,89H,12,17,19-20,23-43,77H2,1-11H3,(H,78,88)/b14-13-,49-21+/t45-,46+,47-,50+,51+,53+,54+,55+,56+,60-,62+,63+,64-,67-,68-,70-,72+,73+,75+/m1/s1. The average Bonchev–Trinajstić information content (AvgIpc) is 0.760. The van der Waals surface area contributed by atoms with Crippen LogP contribution >= 0.6 is 55.9 Å². The molecule has 2 aliphatic carbocycles. The van der Waals surface area contributed by atoms with Crippen molar-refractivity contribution < 1.29 is 130 Å². The molecule has 2 bridgehead atoms. The van der Waals surface area contributed by atoms with Gasteiger partial charge in [-0.2, -0.15) is 5.48 Å². The van der Waals surface area contributed by atoms with E-state index >= 15 is 0 Å². The summed E-state index contributed by atoms with van der Waals surface area (Å²) in [6.07, 6.45) is -11.6. The summed E-state index contributed by atoms with van der Waals surface area (Å²) < 4.78 is 108. The largest absolute Gasteiger partial charge is 0.492 e. The second kappa shape index (κ2) is 47.7. The van der Waals surface area contributed by atoms with Crippen molar-refractivity contribution in [1.29, 1.82) is 0 Å². The number of carbonyl (C=O) groups excluding carboxylic acids is 3. The van der Waals surface area contributed by atoms with Crippen molar-refractivity contribution in [3.05, 3.63) is 49.8 Å². The van der Waals surface area contributed by atoms with E-state index in [2.05, 4.69) is 51.3 Å². The number of fused-ring (bicyclic) bond motifs is 2. The molecule has 1 aromatic rings. The lowest BCUT2D eigenvalue weighted by molar-refractivity contribution is -0.337. The van der Waals surface area contributed by atoms with Gasteiger partial charge in [-0.3, -0.25) is 24.6 Å². The molecule has 8 rings (SSSR count). The molecular formula is C75H114IN5O27S3. The average molecular weight is 1740 g/mol. The van der Waals surface area contributed by atoms with E-state index in [-0.39, 0.29) is 65.1 Å². The lowest BCUT2D eigenvalue weighted by Gasteiger charge is -2.47. The number of allylic oxidation sites excluding steroid dienone is 3. The molecule has 5 fully saturated rings. The van der Waals surface area contributed by atoms with Gasteiger partial charge in [0.05, 0.1) is 170 Å². The Bertz CT molecular complexity index is 3310. The third kappa shape index (κ3) is 26.2. The van der Waals surface area contributed by atoms with Gasteiger partial charge in [0.2, 0.25) is 17.2 Å². The van der Waals surface area contributed by atoms with E-state index in [0.717, 1.165) is 44.8 Å². The number of benzene rings is 1. The number of hydrogen-bond acceptors (Lipinski definition) is 34. The molecule has 32 nitrogen and oxygen atoms in total. The summed E-state index contributed by atoms with van der Waals surface area (Å²) in [7, 11) is 12.3. The Labute approximate surface area is 676 Å². The molecule has 0 saturated carbocycles. The highest BCUT2D eigenvalue weighted by molar-refractivity contribution is 14.1. The number of thioether (sulfide) groups is 1. The Hall–Kier alpha value is -3.61. The van der Waals surface area contributed by atoms with Crippen LogP contribution in [0.1, 0.15) is 82.1 Å². The van der Waals surface area contributed by atoms with Crippen molar-refractivity contribution in [2.45, 2.75) is 194 Å². The summed E-state index contributed by atoms with van der Waals surface area (Å²) in [4.78, 5) is 53.1. The van der Waals surface area contributed by atoms with Crippen LogP contribution in [0.4, 0.5) is 4.79 Å². The van der Waals surface area contributed by atoms with Crippen molar-refractivity contribution in [2.75, 3.05) is 167 Å². The first-order chi connectivity index (χ1) is 53.5. The van der Waals surface area contributed by atoms with Crippen molar-refractivity contribution >= 4 is 72.9 Å². The Kier molecular flexibility index (Phi) is 39.9. The molecular weight excluding hydrogens is 1630 g/mol. The van der Waals surface area contributed by atoms with Gasteiger partial charge in [-0.05, 0) is 114 Å². The highest BCUT2D eigenvalue weighted by Crippen LogP contribution is 2.49. The minimum atomic E-state index is -2.09. The number of halogens is 1. The summed E-state index contributed by atoms with van der Waals surface area (Å²) in [6, 6.07) is -1.37. The summed E-state index contributed by atoms with van der Waals surface area (Å²) in [5.41, 5.74) is 6.72. The number of hydroxylamine groups is 1. The molecule has 5 heterocycles. The lowest BCUT2D eigenvalue weighted by Crippen LogP contribution is -2.65. The van der Waals surface area contributed by atoms with Crippen LogP contribution in [-0.2, 0) is 80.7 Å². The minimum Gasteiger partial charge on any atom is -0.492 e. The molecule has 7 aliphatic rings. The number of aliphatic hydroxyl groups is 5. The predicted octanol–water partition coefficient (Wildman–Crippen LogP) is 3.17. The van der Waals surface area contributed by atoms with E-state index in [9.17, 15) is 39.9 Å². The van der Waals surface area contributed by atoms with E-state index in [1.54, 1.807) is 62.5 Å². The fourth-order valence-corrected chi connectivity index (χ4v) is 18.0. The first-order valence-corrected chi connectivity index (χ1v) is 41.9. The maximum atomic E-state index is 14.6. The zero-order chi connectivity index (χ0) is 80.2. The van der Waals surface area contributed by atoms with Gasteiger partial charge in [-0.1, -0.05) is 70.0 Å². The number of methoxy groups -OCH3 is 5. The van der Waals surface area contributed by atoms with Crippen molar-refractivity contribution in [3.8, 4) is 40.9 Å². The highest BCUT2D eigenvalue weighted by Gasteiger charge is 2.53. The van der Waals surface area contributed by atoms with Crippen molar-refractivity contribution in [2.24, 2.45) is 5.73 Å². The van der Waals surface area contributed by atoms with Gasteiger partial charge >= 0.3 is 6.09 Å². The molecule has 626 valence electrons. The number of amides is 1. The summed E-state index contributed by atoms with van der Waals surface area (Å²) in [5.74, 6) is 11.6. The number of ether oxygens (including phenoxy) is 18. The number of carbonyl (C=O) groups is 3. The van der Waals surface area contributed by atoms with Crippen LogP contribution < -0.4 is 30.7 Å². The van der Waals surface area contributed by atoms with Crippen LogP contribution in [0.5, 0.6) is 17.2 Å². The molecule has 0 radical (unpaired) electrons. The zero-order valence-electron chi connectivity index (χ0n) is 65.2. The topological polar surface area (TPSA) is 384 Å². The number of nitrogens with zero attached hydrogens (tertiary/aromatic N) is 2. The second-order valence-corrected chi connectivity index (χ2v) is 32.2. The van der Waals surface area contributed by atoms with Crippen LogP contribution in [-0.4, -0.2) is 340 Å². The molecule has 0 unspecified atom stereocenters. The molecule has 5 saturated heterocycles. The molecule has 19 atom stereocenters. The Morgan fingerprint density at radius 1 is 0.775 bits per heavy atom. The van der Waals surface area contributed by atoms with Crippen LogP contribution in [0.3, 0.4) is 0 Å². The van der Waals surface area contributed by atoms with Crippen LogP contribution in [0.25, 0.3) is 0 Å². The molecule has 111 heavy (non-hydrogen) atoms. The smallest absolute Gasteiger partial charge is 0.411 e. The second-order valence-electron chi connectivity index (χ2n) is 27.3. The monoisotopic (exact) mass is 1740 g/mol. The number of nitrogens with two attached hydrogens (primary N) is 1. The van der Waals surface area contributed by atoms with E-state index in [1.807, 2.05) is 29.5 Å². The highest BCUT2D eigenvalue weighted by atomic mass is 127. The van der Waals surface area contributed by atoms with E-state index in [0.29, 0.717) is 125 Å². The van der Waals surface area contributed by atoms with Crippen LogP contribution in [0.2, 0.25) is 0 Å². The zero-order valence-corrected chi connectivity index (χ0v) is 69.8. The maximum absolute atomic E-state index is 14.6. The number of aliphatic hydroxyl groups excluding tert-OH is 4. The Morgan fingerprint density at radius 3 is 2.03 bits per heavy atom. The third-order valence-corrected chi connectivity index (χ3v) is 25.3. The quantitative estimate of drug-likeness (QED) is 0.0153. The van der Waals surface area contributed by atoms with Gasteiger partial charge < -0.3 is 121 Å². The lowest BCUT2D eigenvalue weighted by atomic mass is 9.75. The van der Waals surface area contributed by atoms with Gasteiger partial charge in [-0.25, -0.2) is 4.79 Å². The van der Waals surface area contributed by atoms with Gasteiger partial charge in [0.1, 0.15) is 36.6 Å². The third-order valence-electron chi connectivity index (χ3n) is 19.8. The SMILES string of the molecule is CCN(CCCOCCOCCOCCOCCOCCOCCN)[C@H]1CO[C@@H](O[C@H]2[C@H](O[C@H]3C#C/C=C\C#C[C@]4(O)CC(=O)C(NC(=O)OC)=C3/C4=C\CSSC3CCN(C)CC3)O[C@H](C)[C@@H](NO[C@H]3C[C@H](O)[C@H](SC(=O)c4c(C)c(I)c(O[C@@H]5O[C@@H](C)[C@H](O)[C@@H](OC)[C@H]5O)c(OC)c4OC)[C@@H](C)O3)[C@@H]2O)C[C@@H]1OC. The fraction of sp³-hybridized carbons (Fsp3) is 0.747. The van der Waals surface area contributed by atoms with Gasteiger partial charge in [0.25, 0.3) is 0 Å². The Morgan fingerprint density at radius 2 is 1.41 bits per heavy atom. The number of ketones is 1. The van der Waals surface area contributed by atoms with Crippen molar-refractivity contribution in [1.82, 2.24) is 20.6 Å². The Balaban J connectivity index is 0.957. The summed E-state index contributed by atoms with van der Waals surface area (Å²) in [5, 5.41) is 60.9. The summed E-state index contributed by atoms with van der Waals surface area (Å²) >= 11 is 2.83. The maximum Gasteiger partial charge on any atom is 0.411 e. The molecule has 9 N–H and O–H groups in total. The minimum absolute atomic E-state index is 0.0135. The van der Waals surface area contributed by atoms with Crippen molar-refractivity contribution in [3.63, 3.8) is 0 Å². The number of nitrogens with one attached hydrogen (secondary N) is 2. The number of likely N-dealkylation sites (N-methyl/N-ethyl adjacent to an activating group) is 1. The number of rotatable bonds is 43. The normalized spacial score (nSPS) is 31.3. The van der Waals surface area contributed by atoms with Crippen LogP contribution in [0, 0.1) is 34.2 Å². The molecule has 0 aromatic heterocycles. The first kappa shape index (κ1) is 92.9. The van der Waals surface area contributed by atoms with E-state index in [4.69, 9.17) is 95.8 Å². The number of likely N-dealkylation sites (tertiary alicyclic amines) is 1. The van der Waals surface area contributed by atoms with E-state index in [1.165, 1.54) is 33.5 Å². The molecule has 1 aromatic carbocycles. The summed E-state index contributed by atoms with van der Waals surface area (Å²) in [6.45, 7) is 18.0. The number of hydrogen-bond donors (Lipinski definition) is 8. The molecule has 36 heteroatoms.